The Kier molecular flexibility index (Phi) is 5.60. The van der Waals surface area contributed by atoms with Gasteiger partial charge < -0.3 is 19.1 Å². The minimum absolute atomic E-state index is 0.0582. The number of amides is 1. The lowest BCUT2D eigenvalue weighted by Gasteiger charge is -2.43. The second-order valence-corrected chi connectivity index (χ2v) is 9.64. The molecular weight excluding hydrogens is 435 g/mol. The average Bonchev–Trinajstić information content (AvgIpc) is 3.06. The van der Waals surface area contributed by atoms with Gasteiger partial charge in [-0.05, 0) is 42.5 Å². The number of likely N-dealkylation sites (tertiary alicyclic amines) is 2. The molecule has 0 spiro atoms. The standard InChI is InChI=1S/C23H28F3N5O2/c1-28-8-17(9-28)30-10-18-19(11-30)20(18)12-31(22(32)33-21-13-29(2)14-27-21)7-15-4-3-5-16(6-15)23(24,25)26/h3-6,13-14,17-20H,7-12H2,1-2H3. The molecule has 3 fully saturated rings. The maximum atomic E-state index is 13.2. The van der Waals surface area contributed by atoms with Gasteiger partial charge in [-0.2, -0.15) is 13.2 Å². The molecule has 0 radical (unpaired) electrons. The van der Waals surface area contributed by atoms with Crippen LogP contribution in [-0.2, 0) is 19.8 Å². The van der Waals surface area contributed by atoms with E-state index in [-0.39, 0.29) is 12.4 Å². The van der Waals surface area contributed by atoms with Crippen LogP contribution in [0.1, 0.15) is 11.1 Å². The number of piperidine rings is 1. The van der Waals surface area contributed by atoms with E-state index < -0.39 is 17.8 Å². The Labute approximate surface area is 190 Å². The van der Waals surface area contributed by atoms with Crippen LogP contribution in [0.3, 0.4) is 0 Å². The summed E-state index contributed by atoms with van der Waals surface area (Å²) in [5.41, 5.74) is -0.296. The van der Waals surface area contributed by atoms with Crippen molar-refractivity contribution in [3.05, 3.63) is 47.9 Å². The molecule has 1 saturated carbocycles. The first-order chi connectivity index (χ1) is 15.7. The van der Waals surface area contributed by atoms with E-state index in [2.05, 4.69) is 21.8 Å². The molecule has 2 atom stereocenters. The number of hydrogen-bond donors (Lipinski definition) is 0. The van der Waals surface area contributed by atoms with E-state index in [0.717, 1.165) is 38.3 Å². The molecular formula is C23H28F3N5O2. The van der Waals surface area contributed by atoms with Gasteiger partial charge >= 0.3 is 12.3 Å². The second kappa shape index (κ2) is 8.32. The predicted molar refractivity (Wildman–Crippen MR) is 114 cm³/mol. The monoisotopic (exact) mass is 463 g/mol. The van der Waals surface area contributed by atoms with Gasteiger partial charge in [0.2, 0.25) is 5.88 Å². The van der Waals surface area contributed by atoms with E-state index in [1.165, 1.54) is 17.3 Å². The van der Waals surface area contributed by atoms with Crippen molar-refractivity contribution in [3.63, 3.8) is 0 Å². The number of imidazole rings is 1. The smallest absolute Gasteiger partial charge is 0.389 e. The minimum Gasteiger partial charge on any atom is -0.389 e. The number of rotatable bonds is 6. The number of ether oxygens (including phenoxy) is 1. The molecule has 7 nitrogen and oxygen atoms in total. The van der Waals surface area contributed by atoms with Crippen LogP contribution in [0.5, 0.6) is 5.88 Å². The van der Waals surface area contributed by atoms with Gasteiger partial charge in [0.15, 0.2) is 0 Å². The Morgan fingerprint density at radius 1 is 1.18 bits per heavy atom. The first kappa shape index (κ1) is 22.2. The van der Waals surface area contributed by atoms with Crippen molar-refractivity contribution in [1.29, 1.82) is 0 Å². The fourth-order valence-electron chi connectivity index (χ4n) is 5.27. The molecule has 2 aliphatic heterocycles. The van der Waals surface area contributed by atoms with Crippen molar-refractivity contribution in [1.82, 2.24) is 24.3 Å². The van der Waals surface area contributed by atoms with E-state index in [4.69, 9.17) is 4.74 Å². The molecule has 2 aromatic rings. The molecule has 178 valence electrons. The van der Waals surface area contributed by atoms with Crippen LogP contribution in [0.2, 0.25) is 0 Å². The van der Waals surface area contributed by atoms with Crippen LogP contribution in [0.25, 0.3) is 0 Å². The third-order valence-electron chi connectivity index (χ3n) is 7.15. The molecule has 2 saturated heterocycles. The van der Waals surface area contributed by atoms with Gasteiger partial charge in [-0.25, -0.2) is 9.78 Å². The molecule has 5 rings (SSSR count). The third-order valence-corrected chi connectivity index (χ3v) is 7.15. The average molecular weight is 464 g/mol. The Morgan fingerprint density at radius 2 is 1.91 bits per heavy atom. The molecule has 10 heteroatoms. The number of alkyl halides is 3. The van der Waals surface area contributed by atoms with Crippen LogP contribution in [0.4, 0.5) is 18.0 Å². The highest BCUT2D eigenvalue weighted by Gasteiger charge is 2.57. The van der Waals surface area contributed by atoms with Crippen LogP contribution in [0, 0.1) is 17.8 Å². The molecule has 1 aromatic carbocycles. The summed E-state index contributed by atoms with van der Waals surface area (Å²) in [4.78, 5) is 23.4. The second-order valence-electron chi connectivity index (χ2n) is 9.64. The number of benzene rings is 1. The number of aryl methyl sites for hydroxylation is 1. The van der Waals surface area contributed by atoms with Crippen molar-refractivity contribution in [2.75, 3.05) is 39.8 Å². The maximum Gasteiger partial charge on any atom is 0.416 e. The van der Waals surface area contributed by atoms with E-state index >= 15 is 0 Å². The van der Waals surface area contributed by atoms with Gasteiger partial charge in [0.1, 0.15) is 0 Å². The zero-order chi connectivity index (χ0) is 23.3. The summed E-state index contributed by atoms with van der Waals surface area (Å²) in [5, 5.41) is 0. The summed E-state index contributed by atoms with van der Waals surface area (Å²) in [5.74, 6) is 1.58. The van der Waals surface area contributed by atoms with Crippen LogP contribution < -0.4 is 4.74 Å². The van der Waals surface area contributed by atoms with Gasteiger partial charge in [-0.3, -0.25) is 4.90 Å². The summed E-state index contributed by atoms with van der Waals surface area (Å²) >= 11 is 0. The highest BCUT2D eigenvalue weighted by atomic mass is 19.4. The molecule has 0 bridgehead atoms. The van der Waals surface area contributed by atoms with E-state index in [1.54, 1.807) is 23.9 Å². The first-order valence-electron chi connectivity index (χ1n) is 11.2. The highest BCUT2D eigenvalue weighted by molar-refractivity contribution is 5.70. The van der Waals surface area contributed by atoms with Crippen LogP contribution in [0.15, 0.2) is 36.8 Å². The van der Waals surface area contributed by atoms with Gasteiger partial charge in [-0.15, -0.1) is 0 Å². The van der Waals surface area contributed by atoms with Crippen molar-refractivity contribution >= 4 is 6.09 Å². The molecule has 2 unspecified atom stereocenters. The number of likely N-dealkylation sites (N-methyl/N-ethyl adjacent to an activating group) is 1. The van der Waals surface area contributed by atoms with Gasteiger partial charge in [0.25, 0.3) is 0 Å². The first-order valence-corrected chi connectivity index (χ1v) is 11.2. The van der Waals surface area contributed by atoms with Crippen molar-refractivity contribution in [2.24, 2.45) is 24.8 Å². The number of hydrogen-bond acceptors (Lipinski definition) is 5. The zero-order valence-electron chi connectivity index (χ0n) is 18.7. The molecule has 33 heavy (non-hydrogen) atoms. The maximum absolute atomic E-state index is 13.2. The number of fused-ring (bicyclic) bond motifs is 1. The lowest BCUT2D eigenvalue weighted by atomic mass is 10.1. The highest BCUT2D eigenvalue weighted by Crippen LogP contribution is 2.53. The summed E-state index contributed by atoms with van der Waals surface area (Å²) in [7, 11) is 3.89. The number of halogens is 3. The third kappa shape index (κ3) is 4.72. The lowest BCUT2D eigenvalue weighted by Crippen LogP contribution is -2.57. The topological polar surface area (TPSA) is 53.8 Å². The van der Waals surface area contributed by atoms with Gasteiger partial charge in [0.05, 0.1) is 18.1 Å². The van der Waals surface area contributed by atoms with Crippen molar-refractivity contribution in [3.8, 4) is 5.88 Å². The molecule has 3 aliphatic rings. The molecule has 3 heterocycles. The summed E-state index contributed by atoms with van der Waals surface area (Å²) in [6.45, 7) is 4.78. The summed E-state index contributed by atoms with van der Waals surface area (Å²) in [6.07, 6.45) is -1.91. The SMILES string of the molecule is CN1CC(N2CC3C(CN(Cc4cccc(C(F)(F)F)c4)C(=O)Oc4cn(C)cn4)C3C2)C1. The van der Waals surface area contributed by atoms with Crippen LogP contribution in [-0.4, -0.2) is 76.2 Å². The number of aromatic nitrogens is 2. The Hall–Kier alpha value is -2.59. The van der Waals surface area contributed by atoms with Crippen molar-refractivity contribution in [2.45, 2.75) is 18.8 Å². The summed E-state index contributed by atoms with van der Waals surface area (Å²) < 4.78 is 46.6. The molecule has 0 N–H and O–H groups in total. The Bertz CT molecular complexity index is 1010. The fraction of sp³-hybridized carbons (Fsp3) is 0.565. The van der Waals surface area contributed by atoms with E-state index in [0.29, 0.717) is 35.9 Å². The van der Waals surface area contributed by atoms with E-state index in [9.17, 15) is 18.0 Å². The number of carbonyl (C=O) groups is 1. The van der Waals surface area contributed by atoms with E-state index in [1.807, 2.05) is 0 Å². The quantitative estimate of drug-likeness (QED) is 0.660. The minimum atomic E-state index is -4.43. The van der Waals surface area contributed by atoms with Gasteiger partial charge in [-0.1, -0.05) is 12.1 Å². The fourth-order valence-corrected chi connectivity index (χ4v) is 5.27. The van der Waals surface area contributed by atoms with Crippen molar-refractivity contribution < 1.29 is 22.7 Å². The normalized spacial score (nSPS) is 25.5. The zero-order valence-corrected chi connectivity index (χ0v) is 18.7. The number of nitrogens with zero attached hydrogens (tertiary/aromatic N) is 5. The van der Waals surface area contributed by atoms with Crippen LogP contribution >= 0.6 is 0 Å². The lowest BCUT2D eigenvalue weighted by molar-refractivity contribution is -0.137. The Balaban J connectivity index is 1.26. The summed E-state index contributed by atoms with van der Waals surface area (Å²) in [6, 6.07) is 5.75. The largest absolute Gasteiger partial charge is 0.416 e. The van der Waals surface area contributed by atoms with Gasteiger partial charge in [0, 0.05) is 52.4 Å². The molecule has 1 aliphatic carbocycles. The molecule has 1 aromatic heterocycles. The predicted octanol–water partition coefficient (Wildman–Crippen LogP) is 2.93. The Morgan fingerprint density at radius 3 is 2.52 bits per heavy atom. The number of carbonyl (C=O) groups excluding carboxylic acids is 1. The molecule has 1 amide bonds.